The molecule has 4 atom stereocenters. The largest absolute Gasteiger partial charge is 0.394 e. The van der Waals surface area contributed by atoms with Crippen LogP contribution in [-0.2, 0) is 16.1 Å². The predicted octanol–water partition coefficient (Wildman–Crippen LogP) is -0.942. The first-order chi connectivity index (χ1) is 11.9. The maximum atomic E-state index is 12.3. The molecule has 0 radical (unpaired) electrons. The average molecular weight is 343 g/mol. The molecule has 1 saturated heterocycles. The normalized spacial score (nSPS) is 36.0. The second-order valence-corrected chi connectivity index (χ2v) is 6.22. The molecule has 0 unspecified atom stereocenters. The molecular formula is C17H17N3O5. The van der Waals surface area contributed by atoms with Gasteiger partial charge in [0.1, 0.15) is 11.9 Å². The lowest BCUT2D eigenvalue weighted by Gasteiger charge is -2.49. The van der Waals surface area contributed by atoms with Gasteiger partial charge in [-0.05, 0) is 23.8 Å². The van der Waals surface area contributed by atoms with E-state index in [1.54, 1.807) is 30.3 Å². The van der Waals surface area contributed by atoms with Gasteiger partial charge in [0.2, 0.25) is 5.72 Å². The number of aromatic nitrogens is 2. The molecule has 0 saturated carbocycles. The maximum absolute atomic E-state index is 12.3. The van der Waals surface area contributed by atoms with E-state index in [0.717, 1.165) is 4.57 Å². The van der Waals surface area contributed by atoms with E-state index < -0.39 is 35.3 Å². The van der Waals surface area contributed by atoms with Gasteiger partial charge in [-0.25, -0.2) is 4.79 Å². The Morgan fingerprint density at radius 1 is 1.20 bits per heavy atom. The van der Waals surface area contributed by atoms with E-state index in [1.165, 1.54) is 24.4 Å². The molecule has 8 nitrogen and oxygen atoms in total. The van der Waals surface area contributed by atoms with E-state index in [4.69, 9.17) is 10.5 Å². The minimum absolute atomic E-state index is 0.0273. The van der Waals surface area contributed by atoms with Crippen molar-refractivity contribution in [2.75, 3.05) is 12.3 Å². The Hall–Kier alpha value is -2.52. The Kier molecular flexibility index (Phi) is 3.19. The lowest BCUT2D eigenvalue weighted by atomic mass is 9.65. The van der Waals surface area contributed by atoms with Crippen LogP contribution in [0.25, 0.3) is 0 Å². The van der Waals surface area contributed by atoms with Gasteiger partial charge in [-0.3, -0.25) is 4.57 Å². The predicted molar refractivity (Wildman–Crippen MR) is 87.3 cm³/mol. The molecule has 25 heavy (non-hydrogen) atoms. The smallest absolute Gasteiger partial charge is 0.352 e. The number of benzene rings is 1. The van der Waals surface area contributed by atoms with Crippen LogP contribution in [-0.4, -0.2) is 43.2 Å². The van der Waals surface area contributed by atoms with Gasteiger partial charge in [0.25, 0.3) is 0 Å². The molecule has 1 fully saturated rings. The number of rotatable bonds is 3. The van der Waals surface area contributed by atoms with E-state index >= 15 is 0 Å². The van der Waals surface area contributed by atoms with Crippen molar-refractivity contribution < 1.29 is 20.1 Å². The fraction of sp³-hybridized carbons (Fsp3) is 0.294. The highest BCUT2D eigenvalue weighted by molar-refractivity contribution is 5.45. The zero-order chi connectivity index (χ0) is 17.9. The van der Waals surface area contributed by atoms with Crippen LogP contribution in [0, 0.1) is 0 Å². The van der Waals surface area contributed by atoms with E-state index in [-0.39, 0.29) is 5.82 Å². The quantitative estimate of drug-likeness (QED) is 0.529. The maximum Gasteiger partial charge on any atom is 0.352 e. The topological polar surface area (TPSA) is 131 Å². The fourth-order valence-electron chi connectivity index (χ4n) is 3.72. The molecule has 5 N–H and O–H groups in total. The monoisotopic (exact) mass is 343 g/mol. The first-order valence-corrected chi connectivity index (χ1v) is 7.74. The third-order valence-corrected chi connectivity index (χ3v) is 5.03. The number of hydrogen-bond donors (Lipinski definition) is 4. The second kappa shape index (κ2) is 4.99. The highest BCUT2D eigenvalue weighted by Crippen LogP contribution is 2.60. The van der Waals surface area contributed by atoms with Crippen molar-refractivity contribution in [3.8, 4) is 0 Å². The SMILES string of the molecule is Nc1ccn([C@@]23C=C[C@@]2(O)[C@@](O)(c2ccccc2)[C@@H](CO)O3)c(=O)n1. The molecule has 1 aromatic carbocycles. The van der Waals surface area contributed by atoms with Crippen LogP contribution in [0.3, 0.4) is 0 Å². The molecule has 2 aliphatic rings. The molecule has 2 heterocycles. The lowest BCUT2D eigenvalue weighted by molar-refractivity contribution is -0.180. The zero-order valence-corrected chi connectivity index (χ0v) is 13.1. The molecule has 1 aliphatic heterocycles. The number of nitrogens with zero attached hydrogens (tertiary/aromatic N) is 2. The number of nitrogens with two attached hydrogens (primary N) is 1. The molecular weight excluding hydrogens is 326 g/mol. The number of aliphatic hydroxyl groups excluding tert-OH is 1. The minimum atomic E-state index is -1.98. The summed E-state index contributed by atoms with van der Waals surface area (Å²) in [6.45, 7) is -0.561. The standard InChI is InChI=1S/C17H17N3O5/c18-13-6-9-20(14(22)19-13)16-8-7-15(16,23)17(24,12(10-21)25-16)11-4-2-1-3-5-11/h1-9,12,21,23-24H,10H2,(H2,18,19,22)/t12-,15+,16-,17-/m1/s1. The summed E-state index contributed by atoms with van der Waals surface area (Å²) in [5.74, 6) is 0.0273. The van der Waals surface area contributed by atoms with E-state index in [1.807, 2.05) is 0 Å². The number of anilines is 1. The first-order valence-electron chi connectivity index (χ1n) is 7.74. The fourth-order valence-corrected chi connectivity index (χ4v) is 3.72. The average Bonchev–Trinajstić information content (AvgIpc) is 2.74. The molecule has 2 aromatic rings. The molecule has 0 bridgehead atoms. The van der Waals surface area contributed by atoms with Crippen molar-refractivity contribution in [2.24, 2.45) is 0 Å². The lowest BCUT2D eigenvalue weighted by Crippen LogP contribution is -2.67. The molecule has 8 heteroatoms. The van der Waals surface area contributed by atoms with E-state index in [0.29, 0.717) is 5.56 Å². The van der Waals surface area contributed by atoms with Crippen molar-refractivity contribution in [3.63, 3.8) is 0 Å². The molecule has 130 valence electrons. The van der Waals surface area contributed by atoms with Crippen molar-refractivity contribution in [1.82, 2.24) is 9.55 Å². The van der Waals surface area contributed by atoms with Crippen LogP contribution < -0.4 is 11.4 Å². The summed E-state index contributed by atoms with van der Waals surface area (Å²) in [4.78, 5) is 15.9. The van der Waals surface area contributed by atoms with Crippen LogP contribution >= 0.6 is 0 Å². The van der Waals surface area contributed by atoms with Gasteiger partial charge in [0, 0.05) is 6.20 Å². The molecule has 0 amide bonds. The van der Waals surface area contributed by atoms with Crippen LogP contribution in [0.2, 0.25) is 0 Å². The zero-order valence-electron chi connectivity index (χ0n) is 13.1. The summed E-state index contributed by atoms with van der Waals surface area (Å²) in [5.41, 5.74) is -0.488. The van der Waals surface area contributed by atoms with Crippen LogP contribution in [0.5, 0.6) is 0 Å². The van der Waals surface area contributed by atoms with E-state index in [9.17, 15) is 20.1 Å². The summed E-state index contributed by atoms with van der Waals surface area (Å²) in [6, 6.07) is 9.79. The van der Waals surface area contributed by atoms with Gasteiger partial charge < -0.3 is 25.8 Å². The number of hydrogen-bond acceptors (Lipinski definition) is 7. The molecule has 0 spiro atoms. The van der Waals surface area contributed by atoms with Crippen molar-refractivity contribution >= 4 is 5.82 Å². The highest BCUT2D eigenvalue weighted by Gasteiger charge is 2.76. The molecule has 1 aliphatic carbocycles. The summed E-state index contributed by atoms with van der Waals surface area (Å²) >= 11 is 0. The number of nitrogen functional groups attached to an aromatic ring is 1. The van der Waals surface area contributed by atoms with Crippen LogP contribution in [0.4, 0.5) is 5.82 Å². The Morgan fingerprint density at radius 3 is 2.48 bits per heavy atom. The summed E-state index contributed by atoms with van der Waals surface area (Å²) in [7, 11) is 0. The van der Waals surface area contributed by atoms with E-state index in [2.05, 4.69) is 4.98 Å². The second-order valence-electron chi connectivity index (χ2n) is 6.22. The molecule has 1 aromatic heterocycles. The van der Waals surface area contributed by atoms with Gasteiger partial charge >= 0.3 is 5.69 Å². The Bertz CT molecular complexity index is 914. The van der Waals surface area contributed by atoms with Crippen molar-refractivity contribution in [1.29, 1.82) is 0 Å². The summed E-state index contributed by atoms with van der Waals surface area (Å²) in [5, 5.41) is 32.5. The number of fused-ring (bicyclic) bond motifs is 1. The number of ether oxygens (including phenoxy) is 1. The summed E-state index contributed by atoms with van der Waals surface area (Å²) < 4.78 is 6.88. The van der Waals surface area contributed by atoms with Gasteiger partial charge in [-0.15, -0.1) is 0 Å². The van der Waals surface area contributed by atoms with Crippen LogP contribution in [0.15, 0.2) is 59.5 Å². The van der Waals surface area contributed by atoms with Gasteiger partial charge in [0.15, 0.2) is 11.2 Å². The van der Waals surface area contributed by atoms with Crippen LogP contribution in [0.1, 0.15) is 5.56 Å². The van der Waals surface area contributed by atoms with Crippen molar-refractivity contribution in [2.45, 2.75) is 23.0 Å². The third-order valence-electron chi connectivity index (χ3n) is 5.03. The van der Waals surface area contributed by atoms with Gasteiger partial charge in [-0.2, -0.15) is 4.98 Å². The highest BCUT2D eigenvalue weighted by atomic mass is 16.6. The third kappa shape index (κ3) is 1.74. The minimum Gasteiger partial charge on any atom is -0.394 e. The Labute approximate surface area is 142 Å². The number of aliphatic hydroxyl groups is 3. The van der Waals surface area contributed by atoms with Gasteiger partial charge in [0.05, 0.1) is 6.61 Å². The Balaban J connectivity index is 1.94. The first kappa shape index (κ1) is 16.0. The summed E-state index contributed by atoms with van der Waals surface area (Å²) in [6.07, 6.45) is 2.98. The Morgan fingerprint density at radius 2 is 1.92 bits per heavy atom. The molecule has 4 rings (SSSR count). The van der Waals surface area contributed by atoms with Gasteiger partial charge in [-0.1, -0.05) is 30.3 Å². The van der Waals surface area contributed by atoms with Crippen molar-refractivity contribution in [3.05, 3.63) is 70.8 Å².